The van der Waals surface area contributed by atoms with Crippen LogP contribution in [0.1, 0.15) is 85.7 Å². The first-order valence-electron chi connectivity index (χ1n) is 14.3. The number of likely N-dealkylation sites (tertiary alicyclic amines) is 1. The largest absolute Gasteiger partial charge is 0.489 e. The number of hydrogen-bond donors (Lipinski definition) is 1. The average Bonchev–Trinajstić information content (AvgIpc) is 3.74. The topological polar surface area (TPSA) is 49.8 Å². The summed E-state index contributed by atoms with van der Waals surface area (Å²) in [6.07, 6.45) is -5.04. The Bertz CT molecular complexity index is 1270. The number of nitrogens with zero attached hydrogens (tertiary/aromatic N) is 1. The Morgan fingerprint density at radius 3 is 2.29 bits per heavy atom. The van der Waals surface area contributed by atoms with Gasteiger partial charge in [0.15, 0.2) is 0 Å². The lowest BCUT2D eigenvalue weighted by Gasteiger charge is -2.35. The van der Waals surface area contributed by atoms with Crippen molar-refractivity contribution in [2.75, 3.05) is 13.1 Å². The quantitative estimate of drug-likeness (QED) is 0.349. The normalized spacial score (nSPS) is 24.2. The molecule has 1 saturated carbocycles. The Morgan fingerprint density at radius 2 is 1.66 bits per heavy atom. The number of carbonyl (C=O) groups is 1. The Balaban J connectivity index is 1.45. The molecule has 2 heterocycles. The van der Waals surface area contributed by atoms with E-state index in [1.54, 1.807) is 6.92 Å². The van der Waals surface area contributed by atoms with E-state index in [4.69, 9.17) is 4.74 Å². The number of halogens is 6. The Labute approximate surface area is 235 Å². The summed E-state index contributed by atoms with van der Waals surface area (Å²) < 4.78 is 88.7. The summed E-state index contributed by atoms with van der Waals surface area (Å²) in [5.74, 6) is -0.418. The van der Waals surface area contributed by atoms with Gasteiger partial charge in [-0.1, -0.05) is 19.1 Å². The number of fused-ring (bicyclic) bond motifs is 4. The van der Waals surface area contributed by atoms with Crippen molar-refractivity contribution in [2.24, 2.45) is 17.8 Å². The van der Waals surface area contributed by atoms with Gasteiger partial charge in [0.25, 0.3) is 0 Å². The molecule has 41 heavy (non-hydrogen) atoms. The van der Waals surface area contributed by atoms with E-state index >= 15 is 0 Å². The van der Waals surface area contributed by atoms with Gasteiger partial charge in [0, 0.05) is 19.1 Å². The molecule has 2 aromatic carbocycles. The van der Waals surface area contributed by atoms with E-state index in [0.717, 1.165) is 36.8 Å². The summed E-state index contributed by atoms with van der Waals surface area (Å²) in [6, 6.07) is 6.69. The lowest BCUT2D eigenvalue weighted by Crippen LogP contribution is -2.38. The molecule has 0 aromatic heterocycles. The van der Waals surface area contributed by atoms with Gasteiger partial charge >= 0.3 is 18.3 Å². The molecule has 0 radical (unpaired) electrons. The van der Waals surface area contributed by atoms with Crippen molar-refractivity contribution in [3.63, 3.8) is 0 Å². The van der Waals surface area contributed by atoms with Gasteiger partial charge in [0.05, 0.1) is 17.0 Å². The third-order valence-corrected chi connectivity index (χ3v) is 9.16. The van der Waals surface area contributed by atoms with E-state index in [2.05, 4.69) is 0 Å². The van der Waals surface area contributed by atoms with Gasteiger partial charge < -0.3 is 9.84 Å². The molecular formula is C31H35F6NO3. The summed E-state index contributed by atoms with van der Waals surface area (Å²) in [6.45, 7) is 3.99. The molecule has 0 unspecified atom stereocenters. The zero-order valence-corrected chi connectivity index (χ0v) is 23.1. The highest BCUT2D eigenvalue weighted by atomic mass is 19.4. The Morgan fingerprint density at radius 1 is 0.927 bits per heavy atom. The van der Waals surface area contributed by atoms with Crippen LogP contribution in [0.25, 0.3) is 0 Å². The van der Waals surface area contributed by atoms with Gasteiger partial charge in [0.2, 0.25) is 0 Å². The van der Waals surface area contributed by atoms with Crippen molar-refractivity contribution in [1.29, 1.82) is 0 Å². The van der Waals surface area contributed by atoms with E-state index in [1.165, 1.54) is 6.92 Å². The fraction of sp³-hybridized carbons (Fsp3) is 0.581. The zero-order valence-electron chi connectivity index (χ0n) is 23.1. The smallest absolute Gasteiger partial charge is 0.416 e. The monoisotopic (exact) mass is 583 g/mol. The highest BCUT2D eigenvalue weighted by molar-refractivity contribution is 5.71. The molecule has 1 N–H and O–H groups in total. The molecule has 2 aliphatic heterocycles. The average molecular weight is 584 g/mol. The molecule has 3 aliphatic rings. The number of benzene rings is 2. The Hall–Kier alpha value is -2.75. The first-order chi connectivity index (χ1) is 19.2. The van der Waals surface area contributed by atoms with Crippen LogP contribution >= 0.6 is 0 Å². The lowest BCUT2D eigenvalue weighted by molar-refractivity contribution is -0.142. The van der Waals surface area contributed by atoms with E-state index in [9.17, 15) is 36.2 Å². The maximum atomic E-state index is 13.9. The fourth-order valence-corrected chi connectivity index (χ4v) is 6.67. The number of aryl methyl sites for hydroxylation is 1. The van der Waals surface area contributed by atoms with Gasteiger partial charge in [-0.2, -0.15) is 26.3 Å². The number of alkyl halides is 6. The zero-order chi connectivity index (χ0) is 29.7. The SMILES string of the molecule is C[C@H](C(=O)O)[C@H](c1ccc2c(c1)O[C@H]1CC[C@@H](CC2)CN([C@H](C)c2cc(C(F)(F)F)ccc2C(F)(F)F)C1)C1CC1. The predicted octanol–water partition coefficient (Wildman–Crippen LogP) is 8.11. The molecule has 0 spiro atoms. The molecule has 1 aliphatic carbocycles. The highest BCUT2D eigenvalue weighted by Gasteiger charge is 2.41. The van der Waals surface area contributed by atoms with Crippen molar-refractivity contribution in [3.05, 3.63) is 64.2 Å². The minimum atomic E-state index is -4.79. The van der Waals surface area contributed by atoms with E-state index in [1.807, 2.05) is 23.1 Å². The van der Waals surface area contributed by atoms with Crippen LogP contribution in [-0.2, 0) is 23.6 Å². The minimum absolute atomic E-state index is 0.133. The molecule has 2 fully saturated rings. The van der Waals surface area contributed by atoms with Gasteiger partial charge in [0.1, 0.15) is 11.9 Å². The summed E-state index contributed by atoms with van der Waals surface area (Å²) in [4.78, 5) is 13.7. The number of carboxylic acids is 1. The molecule has 2 aromatic rings. The first-order valence-corrected chi connectivity index (χ1v) is 14.3. The summed E-state index contributed by atoms with van der Waals surface area (Å²) in [5.41, 5.74) is -0.619. The Kier molecular flexibility index (Phi) is 8.09. The summed E-state index contributed by atoms with van der Waals surface area (Å²) in [5, 5.41) is 9.70. The van der Waals surface area contributed by atoms with Crippen molar-refractivity contribution in [2.45, 2.75) is 82.8 Å². The minimum Gasteiger partial charge on any atom is -0.489 e. The molecule has 2 bridgehead atoms. The number of hydrogen-bond acceptors (Lipinski definition) is 3. The molecule has 0 amide bonds. The van der Waals surface area contributed by atoms with Crippen LogP contribution in [-0.4, -0.2) is 35.2 Å². The van der Waals surface area contributed by atoms with Crippen LogP contribution in [0.5, 0.6) is 5.75 Å². The molecule has 10 heteroatoms. The predicted molar refractivity (Wildman–Crippen MR) is 141 cm³/mol. The first kappa shape index (κ1) is 29.7. The molecular weight excluding hydrogens is 548 g/mol. The lowest BCUT2D eigenvalue weighted by atomic mass is 9.82. The molecule has 4 nitrogen and oxygen atoms in total. The molecule has 5 atom stereocenters. The molecule has 1 saturated heterocycles. The second kappa shape index (κ2) is 11.2. The van der Waals surface area contributed by atoms with Crippen molar-refractivity contribution in [1.82, 2.24) is 4.90 Å². The second-order valence-corrected chi connectivity index (χ2v) is 12.0. The second-order valence-electron chi connectivity index (χ2n) is 12.0. The van der Waals surface area contributed by atoms with Crippen LogP contribution in [0.3, 0.4) is 0 Å². The van der Waals surface area contributed by atoms with Crippen molar-refractivity contribution in [3.8, 4) is 5.75 Å². The van der Waals surface area contributed by atoms with Gasteiger partial charge in [-0.25, -0.2) is 0 Å². The van der Waals surface area contributed by atoms with E-state index in [0.29, 0.717) is 49.3 Å². The number of ether oxygens (including phenoxy) is 1. The van der Waals surface area contributed by atoms with Gasteiger partial charge in [-0.3, -0.25) is 9.69 Å². The number of rotatable bonds is 6. The summed E-state index contributed by atoms with van der Waals surface area (Å²) in [7, 11) is 0. The number of carboxylic acid groups (broad SMARTS) is 1. The third-order valence-electron chi connectivity index (χ3n) is 9.16. The summed E-state index contributed by atoms with van der Waals surface area (Å²) >= 11 is 0. The number of aliphatic carboxylic acids is 1. The van der Waals surface area contributed by atoms with E-state index < -0.39 is 41.4 Å². The third kappa shape index (κ3) is 6.52. The van der Waals surface area contributed by atoms with Crippen molar-refractivity contribution >= 4 is 5.97 Å². The van der Waals surface area contributed by atoms with Crippen LogP contribution in [0.2, 0.25) is 0 Å². The fourth-order valence-electron chi connectivity index (χ4n) is 6.67. The maximum absolute atomic E-state index is 13.9. The van der Waals surface area contributed by atoms with Crippen LogP contribution in [0.15, 0.2) is 36.4 Å². The standard InChI is InChI=1S/C31H35F6NO3/c1-17(29(39)40)28(21-7-8-21)22-9-6-20-5-3-19-4-11-24(41-27(20)13-22)16-38(15-19)18(2)25-14-23(30(32,33)34)10-12-26(25)31(35,36)37/h6,9-10,12-14,17-19,21,24,28H,3-5,7-8,11,15-16H2,1-2H3,(H,39,40)/t17-,18+,19+,24-,28-/m0/s1. The molecule has 5 rings (SSSR count). The van der Waals surface area contributed by atoms with E-state index in [-0.39, 0.29) is 30.0 Å². The van der Waals surface area contributed by atoms with Crippen LogP contribution < -0.4 is 4.74 Å². The highest BCUT2D eigenvalue weighted by Crippen LogP contribution is 2.48. The molecule has 224 valence electrons. The van der Waals surface area contributed by atoms with Gasteiger partial charge in [-0.15, -0.1) is 0 Å². The maximum Gasteiger partial charge on any atom is 0.416 e. The van der Waals surface area contributed by atoms with Crippen molar-refractivity contribution < 1.29 is 41.0 Å². The van der Waals surface area contributed by atoms with Gasteiger partial charge in [-0.05, 0) is 104 Å². The van der Waals surface area contributed by atoms with Crippen LogP contribution in [0, 0.1) is 17.8 Å². The van der Waals surface area contributed by atoms with Crippen LogP contribution in [0.4, 0.5) is 26.3 Å².